The molecule has 0 aliphatic rings. The summed E-state index contributed by atoms with van der Waals surface area (Å²) < 4.78 is 94.7. The summed E-state index contributed by atoms with van der Waals surface area (Å²) in [5, 5.41) is 0. The lowest BCUT2D eigenvalue weighted by atomic mass is 10.1. The summed E-state index contributed by atoms with van der Waals surface area (Å²) in [6.45, 7) is 0. The van der Waals surface area contributed by atoms with Crippen LogP contribution in [-0.4, -0.2) is 44.0 Å². The molecule has 0 spiro atoms. The zero-order chi connectivity index (χ0) is 28.1. The molecule has 3 aromatic carbocycles. The smallest absolute Gasteiger partial charge is 0.416 e. The molecule has 0 unspecified atom stereocenters. The van der Waals surface area contributed by atoms with Crippen LogP contribution in [0.4, 0.5) is 18.9 Å². The molecule has 3 rings (SSSR count). The maximum Gasteiger partial charge on any atom is 0.416 e. The highest BCUT2D eigenvalue weighted by atomic mass is 32.2. The predicted molar refractivity (Wildman–Crippen MR) is 137 cm³/mol. The summed E-state index contributed by atoms with van der Waals surface area (Å²) >= 11 is 0. The normalized spacial score (nSPS) is 11.8. The first-order valence-electron chi connectivity index (χ1n) is 10.9. The number of anilines is 1. The van der Waals surface area contributed by atoms with Gasteiger partial charge in [-0.05, 0) is 42.0 Å². The molecule has 0 bridgehead atoms. The van der Waals surface area contributed by atoms with Crippen LogP contribution < -0.4 is 28.4 Å². The standard InChI is InChI=1S/C26H26F3NO7S/c1-33-21-13-17(10-9-16-11-23(35-3)25(37-5)24(12-16)36-4)20(15-22(21)34-2)30-38(31,32)19-8-6-7-18(14-19)26(27,28)29/h6-15,30H,1-5H3/b10-9-. The van der Waals surface area contributed by atoms with E-state index in [1.165, 1.54) is 47.7 Å². The van der Waals surface area contributed by atoms with Gasteiger partial charge in [0, 0.05) is 11.6 Å². The van der Waals surface area contributed by atoms with Crippen LogP contribution in [0.5, 0.6) is 28.7 Å². The fourth-order valence-corrected chi connectivity index (χ4v) is 4.67. The average molecular weight is 554 g/mol. The fraction of sp³-hybridized carbons (Fsp3) is 0.231. The Balaban J connectivity index is 2.09. The largest absolute Gasteiger partial charge is 0.493 e. The van der Waals surface area contributed by atoms with Crippen LogP contribution in [0, 0.1) is 0 Å². The lowest BCUT2D eigenvalue weighted by molar-refractivity contribution is -0.137. The van der Waals surface area contributed by atoms with Crippen LogP contribution in [0.2, 0.25) is 0 Å². The maximum absolute atomic E-state index is 13.2. The molecule has 0 radical (unpaired) electrons. The summed E-state index contributed by atoms with van der Waals surface area (Å²) in [7, 11) is 2.79. The van der Waals surface area contributed by atoms with E-state index in [9.17, 15) is 21.6 Å². The van der Waals surface area contributed by atoms with Crippen molar-refractivity contribution in [2.24, 2.45) is 0 Å². The summed E-state index contributed by atoms with van der Waals surface area (Å²) in [6.07, 6.45) is -1.45. The molecule has 0 aliphatic heterocycles. The highest BCUT2D eigenvalue weighted by molar-refractivity contribution is 7.92. The second-order valence-corrected chi connectivity index (χ2v) is 9.40. The predicted octanol–water partition coefficient (Wildman–Crippen LogP) is 5.72. The Labute approximate surface area is 218 Å². The molecule has 38 heavy (non-hydrogen) atoms. The average Bonchev–Trinajstić information content (AvgIpc) is 2.90. The lowest BCUT2D eigenvalue weighted by Crippen LogP contribution is -2.15. The molecule has 3 aromatic rings. The first kappa shape index (κ1) is 28.5. The van der Waals surface area contributed by atoms with E-state index >= 15 is 0 Å². The molecule has 0 amide bonds. The van der Waals surface area contributed by atoms with E-state index in [0.717, 1.165) is 18.2 Å². The number of alkyl halides is 3. The van der Waals surface area contributed by atoms with Crippen LogP contribution in [0.25, 0.3) is 12.2 Å². The Morgan fingerprint density at radius 3 is 1.84 bits per heavy atom. The van der Waals surface area contributed by atoms with Gasteiger partial charge in [0.05, 0.1) is 51.7 Å². The van der Waals surface area contributed by atoms with Gasteiger partial charge in [-0.25, -0.2) is 8.42 Å². The third kappa shape index (κ3) is 6.25. The first-order valence-corrected chi connectivity index (χ1v) is 12.4. The van der Waals surface area contributed by atoms with E-state index in [4.69, 9.17) is 23.7 Å². The number of methoxy groups -OCH3 is 5. The molecule has 12 heteroatoms. The van der Waals surface area contributed by atoms with Crippen molar-refractivity contribution in [3.8, 4) is 28.7 Å². The number of nitrogens with one attached hydrogen (secondary N) is 1. The van der Waals surface area contributed by atoms with Gasteiger partial charge in [0.25, 0.3) is 10.0 Å². The van der Waals surface area contributed by atoms with E-state index in [1.54, 1.807) is 24.3 Å². The molecule has 204 valence electrons. The molecule has 0 aliphatic carbocycles. The van der Waals surface area contributed by atoms with E-state index in [1.807, 2.05) is 0 Å². The Morgan fingerprint density at radius 1 is 0.737 bits per heavy atom. The van der Waals surface area contributed by atoms with Crippen LogP contribution >= 0.6 is 0 Å². The molecular formula is C26H26F3NO7S. The van der Waals surface area contributed by atoms with Gasteiger partial charge in [-0.3, -0.25) is 4.72 Å². The number of rotatable bonds is 10. The minimum Gasteiger partial charge on any atom is -0.493 e. The van der Waals surface area contributed by atoms with Crippen molar-refractivity contribution in [2.45, 2.75) is 11.1 Å². The molecule has 0 heterocycles. The van der Waals surface area contributed by atoms with E-state index < -0.39 is 26.7 Å². The quantitative estimate of drug-likeness (QED) is 0.321. The highest BCUT2D eigenvalue weighted by Crippen LogP contribution is 2.40. The minimum atomic E-state index is -4.71. The number of hydrogen-bond donors (Lipinski definition) is 1. The Bertz CT molecular complexity index is 1410. The minimum absolute atomic E-state index is 0.0451. The van der Waals surface area contributed by atoms with Gasteiger partial charge in [0.1, 0.15) is 0 Å². The topological polar surface area (TPSA) is 92.3 Å². The van der Waals surface area contributed by atoms with Gasteiger partial charge in [-0.15, -0.1) is 0 Å². The lowest BCUT2D eigenvalue weighted by Gasteiger charge is -2.16. The number of hydrogen-bond acceptors (Lipinski definition) is 7. The van der Waals surface area contributed by atoms with Gasteiger partial charge in [0.15, 0.2) is 23.0 Å². The SMILES string of the molecule is COc1cc(/C=C\c2cc(OC)c(OC)c(OC)c2)c(NS(=O)(=O)c2cccc(C(F)(F)F)c2)cc1OC. The molecule has 0 atom stereocenters. The van der Waals surface area contributed by atoms with Gasteiger partial charge in [0.2, 0.25) is 5.75 Å². The van der Waals surface area contributed by atoms with Crippen LogP contribution in [0.3, 0.4) is 0 Å². The molecule has 0 saturated heterocycles. The number of ether oxygens (including phenoxy) is 5. The van der Waals surface area contributed by atoms with Crippen molar-refractivity contribution in [1.29, 1.82) is 0 Å². The van der Waals surface area contributed by atoms with Gasteiger partial charge in [-0.2, -0.15) is 13.2 Å². The summed E-state index contributed by atoms with van der Waals surface area (Å²) in [5.74, 6) is 1.72. The van der Waals surface area contributed by atoms with E-state index in [2.05, 4.69) is 4.72 Å². The zero-order valence-electron chi connectivity index (χ0n) is 21.2. The van der Waals surface area contributed by atoms with Crippen LogP contribution in [0.1, 0.15) is 16.7 Å². The molecule has 0 fully saturated rings. The van der Waals surface area contributed by atoms with E-state index in [0.29, 0.717) is 40.2 Å². The van der Waals surface area contributed by atoms with Crippen LogP contribution in [0.15, 0.2) is 53.4 Å². The van der Waals surface area contributed by atoms with Gasteiger partial charge < -0.3 is 23.7 Å². The summed E-state index contributed by atoms with van der Waals surface area (Å²) in [4.78, 5) is -0.554. The van der Waals surface area contributed by atoms with Crippen LogP contribution in [-0.2, 0) is 16.2 Å². The molecule has 1 N–H and O–H groups in total. The molecule has 0 aromatic heterocycles. The van der Waals surface area contributed by atoms with Crippen molar-refractivity contribution in [1.82, 2.24) is 0 Å². The third-order valence-electron chi connectivity index (χ3n) is 5.41. The second kappa shape index (κ2) is 11.5. The summed E-state index contributed by atoms with van der Waals surface area (Å²) in [6, 6.07) is 9.73. The van der Waals surface area contributed by atoms with Crippen molar-refractivity contribution < 1.29 is 45.3 Å². The van der Waals surface area contributed by atoms with Gasteiger partial charge >= 0.3 is 6.18 Å². The highest BCUT2D eigenvalue weighted by Gasteiger charge is 2.32. The van der Waals surface area contributed by atoms with Gasteiger partial charge in [-0.1, -0.05) is 18.2 Å². The monoisotopic (exact) mass is 553 g/mol. The Morgan fingerprint density at radius 2 is 1.32 bits per heavy atom. The molecule has 0 saturated carbocycles. The number of sulfonamides is 1. The first-order chi connectivity index (χ1) is 18.0. The maximum atomic E-state index is 13.2. The zero-order valence-corrected chi connectivity index (χ0v) is 22.0. The number of benzene rings is 3. The Kier molecular flexibility index (Phi) is 8.67. The second-order valence-electron chi connectivity index (χ2n) is 7.72. The molecule has 8 nitrogen and oxygen atoms in total. The van der Waals surface area contributed by atoms with Crippen molar-refractivity contribution in [2.75, 3.05) is 40.3 Å². The molecular weight excluding hydrogens is 527 g/mol. The van der Waals surface area contributed by atoms with E-state index in [-0.39, 0.29) is 11.4 Å². The fourth-order valence-electron chi connectivity index (χ4n) is 3.55. The summed E-state index contributed by atoms with van der Waals surface area (Å²) in [5.41, 5.74) is -0.0770. The van der Waals surface area contributed by atoms with Crippen molar-refractivity contribution in [3.05, 3.63) is 65.2 Å². The third-order valence-corrected chi connectivity index (χ3v) is 6.78. The number of halogens is 3. The Hall–Kier alpha value is -4.06. The van der Waals surface area contributed by atoms with Crippen molar-refractivity contribution in [3.63, 3.8) is 0 Å². The van der Waals surface area contributed by atoms with Crippen molar-refractivity contribution >= 4 is 27.9 Å².